The fourth-order valence-corrected chi connectivity index (χ4v) is 0.978. The summed E-state index contributed by atoms with van der Waals surface area (Å²) in [7, 11) is -0.249. The van der Waals surface area contributed by atoms with Gasteiger partial charge in [-0.25, -0.2) is 0 Å². The van der Waals surface area contributed by atoms with E-state index in [1.54, 1.807) is 0 Å². The van der Waals surface area contributed by atoms with Gasteiger partial charge in [0, 0.05) is 14.2 Å². The quantitative estimate of drug-likeness (QED) is 0.410. The summed E-state index contributed by atoms with van der Waals surface area (Å²) in [6.07, 6.45) is -25.5. The second kappa shape index (κ2) is 8.30. The Morgan fingerprint density at radius 2 is 0.500 bits per heavy atom. The molecule has 0 rings (SSSR count). The maximum Gasteiger partial charge on any atom is 0.460 e. The number of alkyl halides is 18. The molecule has 0 saturated carbocycles. The normalized spacial score (nSPS) is 15.6. The minimum atomic E-state index is -6.89. The van der Waals surface area contributed by atoms with Crippen LogP contribution in [0.15, 0.2) is 0 Å². The average molecular weight is 500 g/mol. The number of rotatable bonds is 6. The van der Waals surface area contributed by atoms with Crippen molar-refractivity contribution in [2.45, 2.75) is 48.3 Å². The monoisotopic (exact) mass is 500 g/mol. The molecule has 0 N–H and O–H groups in total. The number of methoxy groups -OCH3 is 2. The zero-order valence-electron chi connectivity index (χ0n) is 13.6. The van der Waals surface area contributed by atoms with Crippen LogP contribution >= 0.6 is 0 Å². The van der Waals surface area contributed by atoms with Crippen LogP contribution in [0, 0.1) is 0 Å². The van der Waals surface area contributed by atoms with E-state index in [9.17, 15) is 79.0 Å². The second-order valence-corrected chi connectivity index (χ2v) is 4.73. The lowest BCUT2D eigenvalue weighted by molar-refractivity contribution is -0.440. The fraction of sp³-hybridized carbons (Fsp3) is 1.00. The van der Waals surface area contributed by atoms with Gasteiger partial charge in [0.2, 0.25) is 0 Å². The molecule has 0 aliphatic rings. The molecule has 0 amide bonds. The first-order valence-electron chi connectivity index (χ1n) is 6.13. The first kappa shape index (κ1) is 30.9. The average Bonchev–Trinajstić information content (AvgIpc) is 2.52. The van der Waals surface area contributed by atoms with Gasteiger partial charge in [0.15, 0.2) is 0 Å². The molecule has 0 bridgehead atoms. The number of hydrogen-bond donors (Lipinski definition) is 0. The first-order chi connectivity index (χ1) is 12.6. The first-order valence-corrected chi connectivity index (χ1v) is 6.13. The molecule has 0 heterocycles. The third kappa shape index (κ3) is 5.10. The van der Waals surface area contributed by atoms with Gasteiger partial charge in [-0.2, -0.15) is 79.0 Å². The topological polar surface area (TPSA) is 18.5 Å². The predicted octanol–water partition coefficient (Wildman–Crippen LogP) is 6.12. The van der Waals surface area contributed by atoms with Crippen LogP contribution in [-0.2, 0) is 9.47 Å². The van der Waals surface area contributed by atoms with Gasteiger partial charge in [-0.3, -0.25) is 0 Å². The molecule has 0 aliphatic heterocycles. The molecule has 0 fully saturated rings. The van der Waals surface area contributed by atoms with Crippen molar-refractivity contribution < 1.29 is 88.5 Å². The summed E-state index contributed by atoms with van der Waals surface area (Å²) in [5.41, 5.74) is 0. The number of hydrogen-bond acceptors (Lipinski definition) is 2. The molecule has 0 aromatic rings. The van der Waals surface area contributed by atoms with Crippen LogP contribution in [0.4, 0.5) is 79.0 Å². The molecule has 0 atom stereocenters. The van der Waals surface area contributed by atoms with Crippen LogP contribution in [0.1, 0.15) is 0 Å². The lowest BCUT2D eigenvalue weighted by Crippen LogP contribution is -2.61. The fourth-order valence-electron chi connectivity index (χ4n) is 0.978. The van der Waals surface area contributed by atoms with E-state index in [0.29, 0.717) is 0 Å². The highest BCUT2D eigenvalue weighted by atomic mass is 19.4. The molecule has 0 unspecified atom stereocenters. The van der Waals surface area contributed by atoms with Crippen LogP contribution in [0.5, 0.6) is 0 Å². The lowest BCUT2D eigenvalue weighted by atomic mass is 10.1. The molecule has 0 saturated heterocycles. The molecular formula is C10H6F18O2. The van der Waals surface area contributed by atoms with Crippen LogP contribution in [-0.4, -0.2) is 62.5 Å². The molecule has 20 heteroatoms. The predicted molar refractivity (Wildman–Crippen MR) is 55.8 cm³/mol. The van der Waals surface area contributed by atoms with E-state index < -0.39 is 48.3 Å². The van der Waals surface area contributed by atoms with Crippen molar-refractivity contribution in [3.05, 3.63) is 0 Å². The summed E-state index contributed by atoms with van der Waals surface area (Å²) >= 11 is 0. The Balaban J connectivity index is 0. The SMILES string of the molecule is COC(F)(F)C(F)(F)C(F)(F)C(F)(F)F.COC(F)(F)C(F)(F)C(F)(F)C(F)(F)F. The van der Waals surface area contributed by atoms with Crippen LogP contribution in [0.2, 0.25) is 0 Å². The molecule has 2 nitrogen and oxygen atoms in total. The van der Waals surface area contributed by atoms with E-state index in [0.717, 1.165) is 0 Å². The molecule has 0 radical (unpaired) electrons. The molecule has 0 spiro atoms. The number of halogens is 18. The molecule has 30 heavy (non-hydrogen) atoms. The molecule has 0 aromatic heterocycles. The summed E-state index contributed by atoms with van der Waals surface area (Å²) in [5, 5.41) is 0. The van der Waals surface area contributed by atoms with Crippen LogP contribution in [0.3, 0.4) is 0 Å². The van der Waals surface area contributed by atoms with E-state index in [4.69, 9.17) is 0 Å². The Morgan fingerprint density at radius 3 is 0.600 bits per heavy atom. The molecule has 184 valence electrons. The van der Waals surface area contributed by atoms with Gasteiger partial charge in [-0.15, -0.1) is 0 Å². The van der Waals surface area contributed by atoms with Crippen molar-refractivity contribution in [1.29, 1.82) is 0 Å². The third-order valence-corrected chi connectivity index (χ3v) is 2.74. The van der Waals surface area contributed by atoms with Gasteiger partial charge in [-0.05, 0) is 0 Å². The van der Waals surface area contributed by atoms with Gasteiger partial charge in [0.05, 0.1) is 0 Å². The standard InChI is InChI=1S/2C5H3F9O/c2*1-15-5(13,14)3(8,9)2(6,7)4(10,11)12/h2*1H3. The largest absolute Gasteiger partial charge is 0.460 e. The van der Waals surface area contributed by atoms with Crippen molar-refractivity contribution in [2.75, 3.05) is 14.2 Å². The van der Waals surface area contributed by atoms with E-state index in [1.807, 2.05) is 0 Å². The van der Waals surface area contributed by atoms with E-state index in [1.165, 1.54) is 0 Å². The maximum absolute atomic E-state index is 12.1. The highest BCUT2D eigenvalue weighted by molar-refractivity contribution is 4.97. The smallest absolute Gasteiger partial charge is 0.319 e. The number of ether oxygens (including phenoxy) is 2. The van der Waals surface area contributed by atoms with Crippen molar-refractivity contribution in [1.82, 2.24) is 0 Å². The zero-order chi connectivity index (χ0) is 25.4. The minimum Gasteiger partial charge on any atom is -0.319 e. The summed E-state index contributed by atoms with van der Waals surface area (Å²) in [5.74, 6) is -27.2. The van der Waals surface area contributed by atoms with E-state index >= 15 is 0 Å². The zero-order valence-corrected chi connectivity index (χ0v) is 13.6. The van der Waals surface area contributed by atoms with Gasteiger partial charge in [0.25, 0.3) is 0 Å². The summed E-state index contributed by atoms with van der Waals surface area (Å²) in [6.45, 7) is 0. The third-order valence-electron chi connectivity index (χ3n) is 2.74. The Hall–Kier alpha value is -1.34. The minimum absolute atomic E-state index is 0.125. The van der Waals surface area contributed by atoms with Gasteiger partial charge in [-0.1, -0.05) is 0 Å². The Labute approximate surface area is 152 Å². The lowest BCUT2D eigenvalue weighted by Gasteiger charge is -2.32. The Kier molecular flexibility index (Phi) is 8.54. The van der Waals surface area contributed by atoms with E-state index in [2.05, 4.69) is 9.47 Å². The Morgan fingerprint density at radius 1 is 0.333 bits per heavy atom. The van der Waals surface area contributed by atoms with Gasteiger partial charge >= 0.3 is 48.3 Å². The second-order valence-electron chi connectivity index (χ2n) is 4.73. The molecular weight excluding hydrogens is 494 g/mol. The highest BCUT2D eigenvalue weighted by Crippen LogP contribution is 2.54. The highest BCUT2D eigenvalue weighted by Gasteiger charge is 2.83. The maximum atomic E-state index is 12.1. The summed E-state index contributed by atoms with van der Waals surface area (Å²) < 4.78 is 218. The van der Waals surface area contributed by atoms with Crippen molar-refractivity contribution in [2.24, 2.45) is 0 Å². The van der Waals surface area contributed by atoms with Crippen molar-refractivity contribution in [3.8, 4) is 0 Å². The van der Waals surface area contributed by atoms with Crippen molar-refractivity contribution >= 4 is 0 Å². The van der Waals surface area contributed by atoms with Crippen molar-refractivity contribution in [3.63, 3.8) is 0 Å². The van der Waals surface area contributed by atoms with Gasteiger partial charge in [0.1, 0.15) is 0 Å². The van der Waals surface area contributed by atoms with Gasteiger partial charge < -0.3 is 9.47 Å². The molecule has 0 aliphatic carbocycles. The molecule has 0 aromatic carbocycles. The summed E-state index contributed by atoms with van der Waals surface area (Å²) in [4.78, 5) is 0. The summed E-state index contributed by atoms with van der Waals surface area (Å²) in [6, 6.07) is 0. The van der Waals surface area contributed by atoms with Crippen LogP contribution in [0.25, 0.3) is 0 Å². The Bertz CT molecular complexity index is 508. The van der Waals surface area contributed by atoms with Crippen LogP contribution < -0.4 is 0 Å². The van der Waals surface area contributed by atoms with E-state index in [-0.39, 0.29) is 14.2 Å².